The Bertz CT molecular complexity index is 1150. The quantitative estimate of drug-likeness (QED) is 0.641. The van der Waals surface area contributed by atoms with Crippen LogP contribution in [0, 0.1) is 5.92 Å². The Balaban J connectivity index is 1.24. The summed E-state index contributed by atoms with van der Waals surface area (Å²) in [5, 5.41) is 7.31. The van der Waals surface area contributed by atoms with Gasteiger partial charge in [-0.2, -0.15) is 4.98 Å². The van der Waals surface area contributed by atoms with E-state index < -0.39 is 0 Å². The van der Waals surface area contributed by atoms with Gasteiger partial charge in [0, 0.05) is 45.2 Å². The molecule has 0 radical (unpaired) electrons. The molecule has 0 atom stereocenters. The number of anilines is 1. The zero-order chi connectivity index (χ0) is 22.2. The number of aromatic nitrogens is 3. The Morgan fingerprint density at radius 1 is 1.12 bits per heavy atom. The van der Waals surface area contributed by atoms with Crippen molar-refractivity contribution in [2.24, 2.45) is 5.92 Å². The minimum Gasteiger partial charge on any atom is -0.443 e. The Morgan fingerprint density at radius 2 is 1.88 bits per heavy atom. The number of fused-ring (bicyclic) bond motifs is 1. The van der Waals surface area contributed by atoms with Gasteiger partial charge in [-0.3, -0.25) is 15.0 Å². The van der Waals surface area contributed by atoms with Gasteiger partial charge in [0.1, 0.15) is 6.10 Å². The van der Waals surface area contributed by atoms with Gasteiger partial charge in [0.05, 0.1) is 5.69 Å². The summed E-state index contributed by atoms with van der Waals surface area (Å²) >= 11 is 0. The van der Waals surface area contributed by atoms with Crippen LogP contribution in [0.15, 0.2) is 42.5 Å². The lowest BCUT2D eigenvalue weighted by molar-refractivity contribution is -0.117. The molecule has 1 aliphatic heterocycles. The van der Waals surface area contributed by atoms with Crippen LogP contribution in [0.25, 0.3) is 16.9 Å². The molecule has 2 aromatic heterocycles. The molecule has 3 aromatic rings. The van der Waals surface area contributed by atoms with Gasteiger partial charge in [-0.15, -0.1) is 5.10 Å². The summed E-state index contributed by atoms with van der Waals surface area (Å²) in [6.07, 6.45) is 1.55. The fourth-order valence-corrected chi connectivity index (χ4v) is 3.75. The fourth-order valence-electron chi connectivity index (χ4n) is 3.75. The van der Waals surface area contributed by atoms with E-state index >= 15 is 0 Å². The highest BCUT2D eigenvalue weighted by Gasteiger charge is 2.31. The maximum absolute atomic E-state index is 12.0. The van der Waals surface area contributed by atoms with Crippen LogP contribution in [-0.4, -0.2) is 69.7 Å². The Labute approximate surface area is 186 Å². The van der Waals surface area contributed by atoms with Gasteiger partial charge in [0.15, 0.2) is 5.65 Å². The van der Waals surface area contributed by atoms with Crippen LogP contribution < -0.4 is 5.32 Å². The third kappa shape index (κ3) is 4.29. The number of ether oxygens (including phenoxy) is 1. The predicted octanol–water partition coefficient (Wildman–Crippen LogP) is 2.63. The van der Waals surface area contributed by atoms with E-state index in [0.29, 0.717) is 11.6 Å². The molecule has 1 saturated carbocycles. The van der Waals surface area contributed by atoms with Crippen LogP contribution in [0.5, 0.6) is 0 Å². The van der Waals surface area contributed by atoms with Gasteiger partial charge >= 0.3 is 6.09 Å². The van der Waals surface area contributed by atoms with Crippen LogP contribution >= 0.6 is 0 Å². The molecular weight excluding hydrogens is 408 g/mol. The number of pyridine rings is 1. The van der Waals surface area contributed by atoms with Crippen molar-refractivity contribution in [2.45, 2.75) is 25.5 Å². The summed E-state index contributed by atoms with van der Waals surface area (Å²) in [4.78, 5) is 31.8. The first-order valence-corrected chi connectivity index (χ1v) is 10.8. The molecule has 2 aliphatic rings. The summed E-state index contributed by atoms with van der Waals surface area (Å²) < 4.78 is 7.14. The van der Waals surface area contributed by atoms with Crippen LogP contribution in [0.1, 0.15) is 18.4 Å². The molecule has 166 valence electrons. The van der Waals surface area contributed by atoms with E-state index in [4.69, 9.17) is 4.74 Å². The number of nitrogens with one attached hydrogen (secondary N) is 1. The van der Waals surface area contributed by atoms with E-state index in [1.54, 1.807) is 18.6 Å². The van der Waals surface area contributed by atoms with E-state index in [0.717, 1.165) is 43.7 Å². The molecule has 9 heteroatoms. The maximum atomic E-state index is 12.0. The van der Waals surface area contributed by atoms with Crippen molar-refractivity contribution in [2.75, 3.05) is 32.5 Å². The smallest absolute Gasteiger partial charge is 0.409 e. The van der Waals surface area contributed by atoms with Crippen molar-refractivity contribution in [3.05, 3.63) is 48.0 Å². The SMILES string of the molecule is CN(C)C(=O)OC1CN(Cc2ccc(-c3cccc4nc(NC(=O)C5CC5)nn34)cc2)C1. The summed E-state index contributed by atoms with van der Waals surface area (Å²) in [6.45, 7) is 2.30. The summed E-state index contributed by atoms with van der Waals surface area (Å²) in [5.74, 6) is 0.445. The maximum Gasteiger partial charge on any atom is 0.409 e. The second-order valence-corrected chi connectivity index (χ2v) is 8.67. The van der Waals surface area contributed by atoms with Crippen molar-refractivity contribution in [3.8, 4) is 11.3 Å². The molecule has 0 bridgehead atoms. The highest BCUT2D eigenvalue weighted by Crippen LogP contribution is 2.30. The second kappa shape index (κ2) is 8.23. The van der Waals surface area contributed by atoms with E-state index in [1.807, 2.05) is 18.2 Å². The Kier molecular flexibility index (Phi) is 5.26. The fraction of sp³-hybridized carbons (Fsp3) is 0.391. The minimum absolute atomic E-state index is 0.00322. The first kappa shape index (κ1) is 20.4. The summed E-state index contributed by atoms with van der Waals surface area (Å²) in [5.41, 5.74) is 3.81. The molecule has 2 amide bonds. The molecule has 1 saturated heterocycles. The summed E-state index contributed by atoms with van der Waals surface area (Å²) in [6, 6.07) is 14.1. The lowest BCUT2D eigenvalue weighted by atomic mass is 10.1. The molecule has 0 unspecified atom stereocenters. The van der Waals surface area contributed by atoms with Crippen LogP contribution in [0.3, 0.4) is 0 Å². The molecule has 0 spiro atoms. The molecule has 5 rings (SSSR count). The average molecular weight is 435 g/mol. The number of benzene rings is 1. The van der Waals surface area contributed by atoms with Crippen molar-refractivity contribution in [1.29, 1.82) is 0 Å². The van der Waals surface area contributed by atoms with Gasteiger partial charge in [0.2, 0.25) is 11.9 Å². The topological polar surface area (TPSA) is 92.1 Å². The van der Waals surface area contributed by atoms with Crippen LogP contribution in [0.4, 0.5) is 10.7 Å². The number of hydrogen-bond donors (Lipinski definition) is 1. The van der Waals surface area contributed by atoms with Gasteiger partial charge in [0.25, 0.3) is 0 Å². The third-order valence-corrected chi connectivity index (χ3v) is 5.76. The van der Waals surface area contributed by atoms with E-state index in [9.17, 15) is 9.59 Å². The Morgan fingerprint density at radius 3 is 2.56 bits per heavy atom. The van der Waals surface area contributed by atoms with Gasteiger partial charge in [-0.05, 0) is 30.5 Å². The minimum atomic E-state index is -0.295. The molecule has 3 heterocycles. The van der Waals surface area contributed by atoms with E-state index in [-0.39, 0.29) is 24.0 Å². The monoisotopic (exact) mass is 434 g/mol. The third-order valence-electron chi connectivity index (χ3n) is 5.76. The number of likely N-dealkylation sites (tertiary alicyclic amines) is 1. The lowest BCUT2D eigenvalue weighted by Crippen LogP contribution is -2.53. The van der Waals surface area contributed by atoms with E-state index in [1.165, 1.54) is 10.5 Å². The second-order valence-electron chi connectivity index (χ2n) is 8.67. The predicted molar refractivity (Wildman–Crippen MR) is 119 cm³/mol. The van der Waals surface area contributed by atoms with Gasteiger partial charge in [-0.1, -0.05) is 30.3 Å². The van der Waals surface area contributed by atoms with Crippen LogP contribution in [-0.2, 0) is 16.1 Å². The lowest BCUT2D eigenvalue weighted by Gasteiger charge is -2.38. The first-order chi connectivity index (χ1) is 15.5. The van der Waals surface area contributed by atoms with Crippen molar-refractivity contribution >= 4 is 23.6 Å². The molecule has 1 aliphatic carbocycles. The number of hydrogen-bond acceptors (Lipinski definition) is 6. The largest absolute Gasteiger partial charge is 0.443 e. The average Bonchev–Trinajstić information content (AvgIpc) is 3.52. The Hall–Kier alpha value is -3.46. The standard InChI is InChI=1S/C23H26N6O3/c1-27(2)23(31)32-18-13-28(14-18)12-15-6-8-16(9-7-15)19-4-3-5-20-24-22(26-29(19)20)25-21(30)17-10-11-17/h3-9,17-18H,10-14H2,1-2H3,(H,25,26,30). The molecule has 32 heavy (non-hydrogen) atoms. The van der Waals surface area contributed by atoms with Crippen molar-refractivity contribution in [1.82, 2.24) is 24.4 Å². The van der Waals surface area contributed by atoms with Crippen molar-refractivity contribution < 1.29 is 14.3 Å². The van der Waals surface area contributed by atoms with Gasteiger partial charge in [-0.25, -0.2) is 9.31 Å². The van der Waals surface area contributed by atoms with Crippen LogP contribution in [0.2, 0.25) is 0 Å². The molecule has 1 aromatic carbocycles. The molecule has 2 fully saturated rings. The molecule has 9 nitrogen and oxygen atoms in total. The van der Waals surface area contributed by atoms with Gasteiger partial charge < -0.3 is 9.64 Å². The number of carbonyl (C=O) groups is 2. The normalized spacial score (nSPS) is 16.6. The number of rotatable bonds is 6. The highest BCUT2D eigenvalue weighted by atomic mass is 16.6. The molecular formula is C23H26N6O3. The van der Waals surface area contributed by atoms with E-state index in [2.05, 4.69) is 44.6 Å². The zero-order valence-electron chi connectivity index (χ0n) is 18.2. The zero-order valence-corrected chi connectivity index (χ0v) is 18.2. The highest BCUT2D eigenvalue weighted by molar-refractivity contribution is 5.92. The first-order valence-electron chi connectivity index (χ1n) is 10.8. The summed E-state index contributed by atoms with van der Waals surface area (Å²) in [7, 11) is 3.37. The number of nitrogens with zero attached hydrogens (tertiary/aromatic N) is 5. The van der Waals surface area contributed by atoms with Crippen molar-refractivity contribution in [3.63, 3.8) is 0 Å². The number of carbonyl (C=O) groups excluding carboxylic acids is 2. The molecule has 1 N–H and O–H groups in total. The number of amides is 2.